The molecular weight excluding hydrogens is 514 g/mol. The largest absolute Gasteiger partial charge is 0.351 e. The Hall–Kier alpha value is -3.63. The van der Waals surface area contributed by atoms with Gasteiger partial charge in [0.1, 0.15) is 0 Å². The van der Waals surface area contributed by atoms with E-state index in [9.17, 15) is 26.8 Å². The topological polar surface area (TPSA) is 113 Å². The lowest BCUT2D eigenvalue weighted by molar-refractivity contribution is -0.117. The standard InChI is InChI=1S/C28H30F2N2O5S/c1-28(2,3)21-10-8-19(9-11-21)23(27(34)32-22-12-13-24(29)25(30)17-22)16-18-4-6-20(7-5-18)26(33)31-14-15-38(35,36)37/h4-13,17,23H,14-16H2,1-3H3,(H,31,33)(H,32,34)(H,35,36,37). The SMILES string of the molecule is CC(C)(C)c1ccc(C(Cc2ccc(C(=O)NCCS(=O)(=O)O)cc2)C(=O)Nc2ccc(F)c(F)c2)cc1. The third kappa shape index (κ3) is 8.19. The number of hydrogen-bond donors (Lipinski definition) is 3. The molecule has 0 aliphatic rings. The second kappa shape index (κ2) is 11.8. The first-order valence-electron chi connectivity index (χ1n) is 11.9. The number of carbonyl (C=O) groups excluding carboxylic acids is 2. The van der Waals surface area contributed by atoms with E-state index in [1.165, 1.54) is 6.07 Å². The number of halogens is 2. The molecule has 1 atom stereocenters. The van der Waals surface area contributed by atoms with E-state index in [0.717, 1.165) is 28.8 Å². The molecule has 0 bridgehead atoms. The maximum absolute atomic E-state index is 13.7. The highest BCUT2D eigenvalue weighted by Crippen LogP contribution is 2.28. The van der Waals surface area contributed by atoms with Crippen LogP contribution in [0.5, 0.6) is 0 Å². The van der Waals surface area contributed by atoms with Crippen molar-refractivity contribution >= 4 is 27.6 Å². The van der Waals surface area contributed by atoms with Crippen molar-refractivity contribution in [2.75, 3.05) is 17.6 Å². The molecule has 1 unspecified atom stereocenters. The molecule has 3 aromatic carbocycles. The van der Waals surface area contributed by atoms with Crippen molar-refractivity contribution in [3.8, 4) is 0 Å². The molecule has 38 heavy (non-hydrogen) atoms. The monoisotopic (exact) mass is 544 g/mol. The lowest BCUT2D eigenvalue weighted by Gasteiger charge is -2.22. The molecule has 7 nitrogen and oxygen atoms in total. The smallest absolute Gasteiger partial charge is 0.266 e. The van der Waals surface area contributed by atoms with Crippen molar-refractivity contribution in [3.05, 3.63) is 101 Å². The van der Waals surface area contributed by atoms with Crippen LogP contribution < -0.4 is 10.6 Å². The van der Waals surface area contributed by atoms with Gasteiger partial charge in [0, 0.05) is 23.9 Å². The molecule has 0 aliphatic carbocycles. The average molecular weight is 545 g/mol. The highest BCUT2D eigenvalue weighted by atomic mass is 32.2. The summed E-state index contributed by atoms with van der Waals surface area (Å²) < 4.78 is 57.5. The molecule has 0 saturated heterocycles. The highest BCUT2D eigenvalue weighted by Gasteiger charge is 2.23. The number of carbonyl (C=O) groups is 2. The third-order valence-corrected chi connectivity index (χ3v) is 6.70. The van der Waals surface area contributed by atoms with Gasteiger partial charge in [-0.1, -0.05) is 57.2 Å². The number of hydrogen-bond acceptors (Lipinski definition) is 4. The number of anilines is 1. The third-order valence-electron chi connectivity index (χ3n) is 5.98. The predicted octanol–water partition coefficient (Wildman–Crippen LogP) is 4.84. The average Bonchev–Trinajstić information content (AvgIpc) is 2.84. The minimum Gasteiger partial charge on any atom is -0.351 e. The van der Waals surface area contributed by atoms with Crippen LogP contribution in [0.1, 0.15) is 53.7 Å². The molecular formula is C28H30F2N2O5S. The quantitative estimate of drug-likeness (QED) is 0.334. The second-order valence-electron chi connectivity index (χ2n) is 9.99. The molecule has 0 radical (unpaired) electrons. The van der Waals surface area contributed by atoms with Crippen molar-refractivity contribution in [1.29, 1.82) is 0 Å². The van der Waals surface area contributed by atoms with E-state index in [2.05, 4.69) is 31.4 Å². The summed E-state index contributed by atoms with van der Waals surface area (Å²) >= 11 is 0. The lowest BCUT2D eigenvalue weighted by atomic mass is 9.84. The molecule has 10 heteroatoms. The molecule has 3 aromatic rings. The minimum absolute atomic E-state index is 0.0836. The fourth-order valence-corrected chi connectivity index (χ4v) is 4.16. The molecule has 0 aromatic heterocycles. The Morgan fingerprint density at radius 3 is 2.11 bits per heavy atom. The number of amides is 2. The Morgan fingerprint density at radius 1 is 0.921 bits per heavy atom. The van der Waals surface area contributed by atoms with Crippen molar-refractivity contribution in [2.45, 2.75) is 38.5 Å². The van der Waals surface area contributed by atoms with Crippen molar-refractivity contribution in [2.24, 2.45) is 0 Å². The summed E-state index contributed by atoms with van der Waals surface area (Å²) in [7, 11) is -4.19. The van der Waals surface area contributed by atoms with Crippen molar-refractivity contribution in [1.82, 2.24) is 5.32 Å². The van der Waals surface area contributed by atoms with Gasteiger partial charge in [-0.2, -0.15) is 8.42 Å². The molecule has 3 rings (SSSR count). The molecule has 202 valence electrons. The maximum Gasteiger partial charge on any atom is 0.266 e. The normalized spacial score (nSPS) is 12.6. The predicted molar refractivity (Wildman–Crippen MR) is 142 cm³/mol. The van der Waals surface area contributed by atoms with Crippen molar-refractivity contribution in [3.63, 3.8) is 0 Å². The Morgan fingerprint density at radius 2 is 1.55 bits per heavy atom. The van der Waals surface area contributed by atoms with Gasteiger partial charge in [0.25, 0.3) is 16.0 Å². The van der Waals surface area contributed by atoms with E-state index in [-0.39, 0.29) is 29.6 Å². The summed E-state index contributed by atoms with van der Waals surface area (Å²) in [6.07, 6.45) is 0.259. The van der Waals surface area contributed by atoms with Crippen LogP contribution in [0.15, 0.2) is 66.7 Å². The van der Waals surface area contributed by atoms with E-state index >= 15 is 0 Å². The molecule has 0 spiro atoms. The van der Waals surface area contributed by atoms with Gasteiger partial charge >= 0.3 is 0 Å². The number of rotatable bonds is 9. The van der Waals surface area contributed by atoms with E-state index in [1.54, 1.807) is 24.3 Å². The van der Waals surface area contributed by atoms with Gasteiger partial charge < -0.3 is 10.6 Å². The molecule has 0 fully saturated rings. The number of nitrogens with one attached hydrogen (secondary N) is 2. The Labute approximate surface area is 221 Å². The summed E-state index contributed by atoms with van der Waals surface area (Å²) in [5.41, 5.74) is 2.88. The maximum atomic E-state index is 13.7. The van der Waals surface area contributed by atoms with Crippen LogP contribution in [0, 0.1) is 11.6 Å². The van der Waals surface area contributed by atoms with Gasteiger partial charge in [-0.05, 0) is 52.8 Å². The molecule has 0 aliphatic heterocycles. The molecule has 0 heterocycles. The summed E-state index contributed by atoms with van der Waals surface area (Å²) in [6, 6.07) is 17.2. The van der Waals surface area contributed by atoms with E-state index in [0.29, 0.717) is 0 Å². The zero-order valence-corrected chi connectivity index (χ0v) is 22.1. The van der Waals surface area contributed by atoms with E-state index in [4.69, 9.17) is 4.55 Å². The Kier molecular flexibility index (Phi) is 9.01. The van der Waals surface area contributed by atoms with Crippen LogP contribution in [-0.4, -0.2) is 37.1 Å². The molecule has 3 N–H and O–H groups in total. The summed E-state index contributed by atoms with van der Waals surface area (Å²) in [5.74, 6) is -4.28. The molecule has 0 saturated carbocycles. The van der Waals surface area contributed by atoms with Crippen LogP contribution >= 0.6 is 0 Å². The van der Waals surface area contributed by atoms with Gasteiger partial charge in [-0.15, -0.1) is 0 Å². The lowest BCUT2D eigenvalue weighted by Crippen LogP contribution is -2.28. The van der Waals surface area contributed by atoms with Crippen LogP contribution in [0.2, 0.25) is 0 Å². The fourth-order valence-electron chi connectivity index (χ4n) is 3.80. The summed E-state index contributed by atoms with van der Waals surface area (Å²) in [6.45, 7) is 6.00. The van der Waals surface area contributed by atoms with Crippen molar-refractivity contribution < 1.29 is 31.3 Å². The molecule has 2 amide bonds. The summed E-state index contributed by atoms with van der Waals surface area (Å²) in [5, 5.41) is 5.07. The van der Waals surface area contributed by atoms with E-state index < -0.39 is 45.2 Å². The highest BCUT2D eigenvalue weighted by molar-refractivity contribution is 7.85. The second-order valence-corrected chi connectivity index (χ2v) is 11.6. The van der Waals surface area contributed by atoms with Crippen LogP contribution in [-0.2, 0) is 26.7 Å². The number of benzene rings is 3. The first-order valence-corrected chi connectivity index (χ1v) is 13.5. The minimum atomic E-state index is -4.19. The zero-order valence-electron chi connectivity index (χ0n) is 21.3. The zero-order chi connectivity index (χ0) is 28.1. The van der Waals surface area contributed by atoms with Crippen LogP contribution in [0.25, 0.3) is 0 Å². The van der Waals surface area contributed by atoms with Gasteiger partial charge in [0.2, 0.25) is 5.91 Å². The fraction of sp³-hybridized carbons (Fsp3) is 0.286. The van der Waals surface area contributed by atoms with E-state index in [1.807, 2.05) is 24.3 Å². The van der Waals surface area contributed by atoms with Gasteiger partial charge in [-0.3, -0.25) is 14.1 Å². The Balaban J connectivity index is 1.81. The first kappa shape index (κ1) is 28.9. The first-order chi connectivity index (χ1) is 17.7. The van der Waals surface area contributed by atoms with Crippen LogP contribution in [0.3, 0.4) is 0 Å². The van der Waals surface area contributed by atoms with Gasteiger partial charge in [0.05, 0.1) is 11.7 Å². The van der Waals surface area contributed by atoms with Gasteiger partial charge in [-0.25, -0.2) is 8.78 Å². The van der Waals surface area contributed by atoms with Gasteiger partial charge in [0.15, 0.2) is 11.6 Å². The van der Waals surface area contributed by atoms with Crippen LogP contribution in [0.4, 0.5) is 14.5 Å². The Bertz CT molecular complexity index is 1400. The summed E-state index contributed by atoms with van der Waals surface area (Å²) in [4.78, 5) is 25.6.